The van der Waals surface area contributed by atoms with Gasteiger partial charge < -0.3 is 19.3 Å². The summed E-state index contributed by atoms with van der Waals surface area (Å²) in [5, 5.41) is 5.92. The molecule has 49 heavy (non-hydrogen) atoms. The number of carbonyl (C=O) groups excluding carboxylic acids is 1. The second-order valence-corrected chi connectivity index (χ2v) is 16.4. The van der Waals surface area contributed by atoms with Gasteiger partial charge in [-0.05, 0) is 55.8 Å². The van der Waals surface area contributed by atoms with Gasteiger partial charge >= 0.3 is 6.01 Å². The highest BCUT2D eigenvalue weighted by molar-refractivity contribution is 7.99. The van der Waals surface area contributed by atoms with Gasteiger partial charge in [0.05, 0.1) is 40.7 Å². The van der Waals surface area contributed by atoms with Crippen LogP contribution in [-0.2, 0) is 42.9 Å². The molecule has 260 valence electrons. The van der Waals surface area contributed by atoms with Crippen LogP contribution >= 0.6 is 35.0 Å². The molecule has 3 saturated heterocycles. The van der Waals surface area contributed by atoms with Crippen molar-refractivity contribution < 1.29 is 18.7 Å². The summed E-state index contributed by atoms with van der Waals surface area (Å²) in [6.45, 7) is 5.24. The molecular weight excluding hydrogens is 688 g/mol. The van der Waals surface area contributed by atoms with Gasteiger partial charge in [0.25, 0.3) is 5.91 Å². The van der Waals surface area contributed by atoms with Crippen molar-refractivity contribution in [1.29, 1.82) is 0 Å². The molecule has 2 aromatic heterocycles. The van der Waals surface area contributed by atoms with E-state index in [1.165, 1.54) is 0 Å². The number of rotatable bonds is 5. The molecule has 3 atom stereocenters. The standard InChI is InChI=1S/C35H40Cl2FN7O3S/c36-26-5-1-4-25-23(26)6-8-35(25)17-27-24(20-48-35)31(40-33(39-27)47-21-34-7-2-10-44(34)18-22(38)16-34)43-9-3-11-45-28(19-43)29(37)30(41-45)32(46)42-12-14-49-15-13-42/h1,4-5,22H,2-3,6-21H2/t22?,34-,35-/m0/s1. The third kappa shape index (κ3) is 5.51. The van der Waals surface area contributed by atoms with E-state index in [2.05, 4.69) is 15.9 Å². The zero-order valence-electron chi connectivity index (χ0n) is 27.4. The summed E-state index contributed by atoms with van der Waals surface area (Å²) in [4.78, 5) is 29.9. The number of hydrogen-bond donors (Lipinski definition) is 0. The number of nitrogens with zero attached hydrogens (tertiary/aromatic N) is 7. The van der Waals surface area contributed by atoms with E-state index in [1.807, 2.05) is 33.5 Å². The summed E-state index contributed by atoms with van der Waals surface area (Å²) in [5.74, 6) is 2.49. The highest BCUT2D eigenvalue weighted by atomic mass is 35.5. The molecule has 0 N–H and O–H groups in total. The lowest BCUT2D eigenvalue weighted by Gasteiger charge is -2.37. The summed E-state index contributed by atoms with van der Waals surface area (Å²) < 4.78 is 29.8. The maximum atomic E-state index is 14.6. The van der Waals surface area contributed by atoms with Gasteiger partial charge in [-0.3, -0.25) is 14.4 Å². The van der Waals surface area contributed by atoms with Gasteiger partial charge in [0.1, 0.15) is 18.6 Å². The van der Waals surface area contributed by atoms with E-state index in [0.29, 0.717) is 82.1 Å². The number of hydrogen-bond acceptors (Lipinski definition) is 9. The number of carbonyl (C=O) groups is 1. The van der Waals surface area contributed by atoms with E-state index in [9.17, 15) is 9.18 Å². The molecule has 0 radical (unpaired) electrons. The lowest BCUT2D eigenvalue weighted by atomic mass is 9.87. The van der Waals surface area contributed by atoms with Crippen molar-refractivity contribution in [3.8, 4) is 6.01 Å². The lowest BCUT2D eigenvalue weighted by molar-refractivity contribution is -0.0730. The minimum atomic E-state index is -0.840. The lowest BCUT2D eigenvalue weighted by Crippen LogP contribution is -2.43. The third-order valence-electron chi connectivity index (χ3n) is 11.5. The Kier molecular flexibility index (Phi) is 8.26. The Hall–Kier alpha value is -2.64. The monoisotopic (exact) mass is 727 g/mol. The Morgan fingerprint density at radius 3 is 2.84 bits per heavy atom. The van der Waals surface area contributed by atoms with Gasteiger partial charge in [-0.25, -0.2) is 4.39 Å². The first-order valence-electron chi connectivity index (χ1n) is 17.5. The van der Waals surface area contributed by atoms with Gasteiger partial charge in [-0.15, -0.1) is 0 Å². The van der Waals surface area contributed by atoms with Gasteiger partial charge in [-0.1, -0.05) is 35.3 Å². The molecule has 5 aliphatic heterocycles. The maximum Gasteiger partial charge on any atom is 0.318 e. The number of anilines is 1. The molecule has 9 rings (SSSR count). The van der Waals surface area contributed by atoms with Crippen molar-refractivity contribution >= 4 is 46.7 Å². The Labute approximate surface area is 299 Å². The molecule has 14 heteroatoms. The predicted molar refractivity (Wildman–Crippen MR) is 187 cm³/mol. The molecule has 7 heterocycles. The highest BCUT2D eigenvalue weighted by Gasteiger charge is 2.50. The molecule has 0 saturated carbocycles. The van der Waals surface area contributed by atoms with Crippen molar-refractivity contribution in [3.05, 3.63) is 62.0 Å². The summed E-state index contributed by atoms with van der Waals surface area (Å²) >= 11 is 15.5. The van der Waals surface area contributed by atoms with E-state index < -0.39 is 11.8 Å². The second-order valence-electron chi connectivity index (χ2n) is 14.4. The summed E-state index contributed by atoms with van der Waals surface area (Å²) in [7, 11) is 0. The zero-order chi connectivity index (χ0) is 33.3. The van der Waals surface area contributed by atoms with Gasteiger partial charge in [-0.2, -0.15) is 26.8 Å². The van der Waals surface area contributed by atoms with Gasteiger partial charge in [0.15, 0.2) is 5.69 Å². The molecule has 6 aliphatic rings. The number of aromatic nitrogens is 4. The van der Waals surface area contributed by atoms with Crippen molar-refractivity contribution in [2.45, 2.75) is 82.0 Å². The van der Waals surface area contributed by atoms with E-state index in [-0.39, 0.29) is 11.4 Å². The molecule has 1 unspecified atom stereocenters. The van der Waals surface area contributed by atoms with E-state index >= 15 is 0 Å². The predicted octanol–water partition coefficient (Wildman–Crippen LogP) is 5.45. The number of benzene rings is 1. The molecule has 3 fully saturated rings. The van der Waals surface area contributed by atoms with Crippen LogP contribution in [0.2, 0.25) is 10.0 Å². The number of amides is 1. The van der Waals surface area contributed by atoms with Crippen LogP contribution in [0.3, 0.4) is 0 Å². The molecule has 3 aromatic rings. The van der Waals surface area contributed by atoms with Gasteiger partial charge in [0, 0.05) is 67.7 Å². The van der Waals surface area contributed by atoms with E-state index in [4.69, 9.17) is 47.7 Å². The summed E-state index contributed by atoms with van der Waals surface area (Å²) in [5.41, 5.74) is 4.40. The smallest absolute Gasteiger partial charge is 0.318 e. The number of aryl methyl sites for hydroxylation is 1. The second kappa shape index (κ2) is 12.5. The van der Waals surface area contributed by atoms with Crippen molar-refractivity contribution in [1.82, 2.24) is 29.5 Å². The average Bonchev–Trinajstić information content (AvgIpc) is 3.79. The number of thioether (sulfide) groups is 1. The van der Waals surface area contributed by atoms with Crippen molar-refractivity contribution in [2.24, 2.45) is 0 Å². The molecule has 1 aliphatic carbocycles. The minimum absolute atomic E-state index is 0.106. The number of ether oxygens (including phenoxy) is 2. The summed E-state index contributed by atoms with van der Waals surface area (Å²) in [6, 6.07) is 6.37. The number of alkyl halides is 1. The fraction of sp³-hybridized carbons (Fsp3) is 0.600. The first kappa shape index (κ1) is 32.3. The van der Waals surface area contributed by atoms with Crippen LogP contribution in [0.25, 0.3) is 0 Å². The van der Waals surface area contributed by atoms with Crippen LogP contribution in [0.1, 0.15) is 70.7 Å². The fourth-order valence-corrected chi connectivity index (χ4v) is 10.5. The Morgan fingerprint density at radius 1 is 1.08 bits per heavy atom. The average molecular weight is 729 g/mol. The summed E-state index contributed by atoms with van der Waals surface area (Å²) in [6.07, 6.45) is 4.62. The van der Waals surface area contributed by atoms with Gasteiger partial charge in [0.2, 0.25) is 0 Å². The number of fused-ring (bicyclic) bond motifs is 5. The van der Waals surface area contributed by atoms with Crippen LogP contribution < -0.4 is 9.64 Å². The van der Waals surface area contributed by atoms with E-state index in [0.717, 1.165) is 89.1 Å². The maximum absolute atomic E-state index is 14.6. The van der Waals surface area contributed by atoms with Crippen LogP contribution in [0.5, 0.6) is 6.01 Å². The molecule has 10 nitrogen and oxygen atoms in total. The first-order valence-corrected chi connectivity index (χ1v) is 19.4. The Morgan fingerprint density at radius 2 is 1.96 bits per heavy atom. The topological polar surface area (TPSA) is 88.8 Å². The van der Waals surface area contributed by atoms with Crippen LogP contribution in [0.15, 0.2) is 18.2 Å². The zero-order valence-corrected chi connectivity index (χ0v) is 29.8. The molecule has 1 spiro atoms. The quantitative estimate of drug-likeness (QED) is 0.341. The Bertz CT molecular complexity index is 1810. The molecule has 1 aromatic carbocycles. The van der Waals surface area contributed by atoms with Crippen LogP contribution in [0.4, 0.5) is 10.2 Å². The fourth-order valence-electron chi connectivity index (χ4n) is 9.05. The first-order chi connectivity index (χ1) is 23.8. The molecular formula is C35H40Cl2FN7O3S. The van der Waals surface area contributed by atoms with E-state index in [1.54, 1.807) is 0 Å². The largest absolute Gasteiger partial charge is 0.461 e. The van der Waals surface area contributed by atoms with Crippen LogP contribution in [-0.4, -0.2) is 98.0 Å². The minimum Gasteiger partial charge on any atom is -0.461 e. The Balaban J connectivity index is 1.06. The normalized spacial score (nSPS) is 27.9. The van der Waals surface area contributed by atoms with Crippen molar-refractivity contribution in [2.75, 3.05) is 55.7 Å². The SMILES string of the molecule is O=C(c1nn2c(c1Cl)CN(c1nc(OC[C@@]34CCCN3CC(F)C4)nc3c1CO[C@@]1(CCc4c(Cl)cccc41)C3)CCC2)N1CCSCC1. The number of halogens is 3. The molecule has 0 bridgehead atoms. The molecule has 1 amide bonds. The highest BCUT2D eigenvalue weighted by Crippen LogP contribution is 2.49. The van der Waals surface area contributed by atoms with Crippen LogP contribution in [0, 0.1) is 0 Å². The van der Waals surface area contributed by atoms with Crippen molar-refractivity contribution in [3.63, 3.8) is 0 Å². The third-order valence-corrected chi connectivity index (χ3v) is 13.2.